The number of hydrogen-bond donors (Lipinski definition) is 1. The molecule has 1 N–H and O–H groups in total. The number of nitriles is 1. The van der Waals surface area contributed by atoms with Crippen molar-refractivity contribution in [1.82, 2.24) is 4.98 Å². The lowest BCUT2D eigenvalue weighted by atomic mass is 10.2. The van der Waals surface area contributed by atoms with Crippen molar-refractivity contribution >= 4 is 5.69 Å². The van der Waals surface area contributed by atoms with E-state index in [4.69, 9.17) is 5.26 Å². The SMILES string of the molecule is N#CCc1c([N+](=O)[O-])cc[nH]c1=O. The van der Waals surface area contributed by atoms with Gasteiger partial charge in [0.1, 0.15) is 5.56 Å². The van der Waals surface area contributed by atoms with Crippen LogP contribution in [0.4, 0.5) is 5.69 Å². The molecule has 1 rings (SSSR count). The topological polar surface area (TPSA) is 99.8 Å². The van der Waals surface area contributed by atoms with Crippen LogP contribution in [-0.2, 0) is 6.42 Å². The Morgan fingerprint density at radius 2 is 2.38 bits per heavy atom. The van der Waals surface area contributed by atoms with Gasteiger partial charge in [0.25, 0.3) is 11.2 Å². The molecule has 0 aliphatic carbocycles. The van der Waals surface area contributed by atoms with E-state index in [1.54, 1.807) is 6.07 Å². The zero-order chi connectivity index (χ0) is 9.84. The zero-order valence-electron chi connectivity index (χ0n) is 6.48. The second kappa shape index (κ2) is 3.49. The molecule has 0 aliphatic rings. The molecule has 0 atom stereocenters. The second-order valence-electron chi connectivity index (χ2n) is 2.26. The van der Waals surface area contributed by atoms with Gasteiger partial charge in [0.2, 0.25) is 0 Å². The Morgan fingerprint density at radius 3 is 2.92 bits per heavy atom. The molecule has 0 saturated heterocycles. The van der Waals surface area contributed by atoms with E-state index in [1.807, 2.05) is 0 Å². The molecular formula is C7H5N3O3. The first-order valence-corrected chi connectivity index (χ1v) is 3.38. The monoisotopic (exact) mass is 179 g/mol. The van der Waals surface area contributed by atoms with Crippen LogP contribution >= 0.6 is 0 Å². The minimum absolute atomic E-state index is 0.102. The highest BCUT2D eigenvalue weighted by atomic mass is 16.6. The smallest absolute Gasteiger partial charge is 0.280 e. The number of aromatic amines is 1. The standard InChI is InChI=1S/C7H5N3O3/c8-3-1-5-6(10(12)13)2-4-9-7(5)11/h2,4H,1H2,(H,9,11). The van der Waals surface area contributed by atoms with Gasteiger partial charge in [-0.2, -0.15) is 5.26 Å². The van der Waals surface area contributed by atoms with Crippen LogP contribution in [0.1, 0.15) is 5.56 Å². The van der Waals surface area contributed by atoms with Crippen LogP contribution in [0.2, 0.25) is 0 Å². The summed E-state index contributed by atoms with van der Waals surface area (Å²) in [6, 6.07) is 2.86. The van der Waals surface area contributed by atoms with Crippen molar-refractivity contribution in [2.45, 2.75) is 6.42 Å². The number of H-pyrrole nitrogens is 1. The van der Waals surface area contributed by atoms with Gasteiger partial charge >= 0.3 is 0 Å². The predicted molar refractivity (Wildman–Crippen MR) is 43.0 cm³/mol. The van der Waals surface area contributed by atoms with Crippen molar-refractivity contribution in [1.29, 1.82) is 5.26 Å². The molecule has 1 aromatic rings. The van der Waals surface area contributed by atoms with Gasteiger partial charge in [-0.25, -0.2) is 0 Å². The van der Waals surface area contributed by atoms with Gasteiger partial charge in [0, 0.05) is 12.3 Å². The molecule has 0 aromatic carbocycles. The van der Waals surface area contributed by atoms with Gasteiger partial charge in [0.05, 0.1) is 17.4 Å². The maximum Gasteiger partial charge on any atom is 0.280 e. The molecular weight excluding hydrogens is 174 g/mol. The summed E-state index contributed by atoms with van der Waals surface area (Å²) in [6.07, 6.45) is 0.924. The molecule has 1 aromatic heterocycles. The van der Waals surface area contributed by atoms with E-state index >= 15 is 0 Å². The zero-order valence-corrected chi connectivity index (χ0v) is 6.48. The lowest BCUT2D eigenvalue weighted by Crippen LogP contribution is -2.13. The van der Waals surface area contributed by atoms with Gasteiger partial charge in [-0.05, 0) is 0 Å². The maximum atomic E-state index is 11.0. The third-order valence-electron chi connectivity index (χ3n) is 1.49. The molecule has 66 valence electrons. The first kappa shape index (κ1) is 8.93. The summed E-state index contributed by atoms with van der Waals surface area (Å²) in [7, 11) is 0. The van der Waals surface area contributed by atoms with Gasteiger partial charge in [-0.15, -0.1) is 0 Å². The summed E-state index contributed by atoms with van der Waals surface area (Å²) in [5, 5.41) is 18.7. The van der Waals surface area contributed by atoms with Crippen LogP contribution < -0.4 is 5.56 Å². The van der Waals surface area contributed by atoms with E-state index in [0.29, 0.717) is 0 Å². The summed E-state index contributed by atoms with van der Waals surface area (Å²) in [5.74, 6) is 0. The van der Waals surface area contributed by atoms with E-state index in [9.17, 15) is 14.9 Å². The molecule has 0 fully saturated rings. The van der Waals surface area contributed by atoms with Crippen LogP contribution in [0.3, 0.4) is 0 Å². The maximum absolute atomic E-state index is 11.0. The van der Waals surface area contributed by atoms with Crippen LogP contribution in [0.5, 0.6) is 0 Å². The number of nitrogens with zero attached hydrogens (tertiary/aromatic N) is 2. The largest absolute Gasteiger partial charge is 0.328 e. The number of rotatable bonds is 2. The first-order chi connectivity index (χ1) is 6.16. The Balaban J connectivity index is 3.36. The Morgan fingerprint density at radius 1 is 1.69 bits per heavy atom. The Hall–Kier alpha value is -2.16. The van der Waals surface area contributed by atoms with E-state index in [0.717, 1.165) is 6.07 Å². The van der Waals surface area contributed by atoms with Gasteiger partial charge in [-0.3, -0.25) is 14.9 Å². The fraction of sp³-hybridized carbons (Fsp3) is 0.143. The van der Waals surface area contributed by atoms with Crippen molar-refractivity contribution in [2.75, 3.05) is 0 Å². The highest BCUT2D eigenvalue weighted by Gasteiger charge is 2.15. The molecule has 6 heteroatoms. The molecule has 0 unspecified atom stereocenters. The fourth-order valence-corrected chi connectivity index (χ4v) is 0.921. The van der Waals surface area contributed by atoms with E-state index in [-0.39, 0.29) is 17.7 Å². The average molecular weight is 179 g/mol. The highest BCUT2D eigenvalue weighted by molar-refractivity contribution is 5.38. The number of pyridine rings is 1. The lowest BCUT2D eigenvalue weighted by Gasteiger charge is -1.94. The summed E-state index contributed by atoms with van der Waals surface area (Å²) >= 11 is 0. The number of aromatic nitrogens is 1. The van der Waals surface area contributed by atoms with Crippen molar-refractivity contribution in [3.63, 3.8) is 0 Å². The molecule has 13 heavy (non-hydrogen) atoms. The van der Waals surface area contributed by atoms with E-state index < -0.39 is 10.5 Å². The van der Waals surface area contributed by atoms with E-state index in [1.165, 1.54) is 6.20 Å². The van der Waals surface area contributed by atoms with Crippen LogP contribution in [0.25, 0.3) is 0 Å². The summed E-state index contributed by atoms with van der Waals surface area (Å²) < 4.78 is 0. The fourth-order valence-electron chi connectivity index (χ4n) is 0.921. The third kappa shape index (κ3) is 1.70. The lowest BCUT2D eigenvalue weighted by molar-refractivity contribution is -0.385. The minimum Gasteiger partial charge on any atom is -0.328 e. The van der Waals surface area contributed by atoms with Crippen molar-refractivity contribution in [2.24, 2.45) is 0 Å². The normalized spacial score (nSPS) is 9.15. The summed E-state index contributed by atoms with van der Waals surface area (Å²) in [4.78, 5) is 23.0. The third-order valence-corrected chi connectivity index (χ3v) is 1.49. The van der Waals surface area contributed by atoms with Crippen molar-refractivity contribution < 1.29 is 4.92 Å². The van der Waals surface area contributed by atoms with E-state index in [2.05, 4.69) is 4.98 Å². The molecule has 0 amide bonds. The molecule has 0 bridgehead atoms. The number of hydrogen-bond acceptors (Lipinski definition) is 4. The number of nitro groups is 1. The van der Waals surface area contributed by atoms with Crippen molar-refractivity contribution in [3.8, 4) is 6.07 Å². The van der Waals surface area contributed by atoms with Crippen LogP contribution in [0.15, 0.2) is 17.1 Å². The van der Waals surface area contributed by atoms with Crippen molar-refractivity contribution in [3.05, 3.63) is 38.3 Å². The average Bonchev–Trinajstić information content (AvgIpc) is 2.08. The molecule has 0 saturated carbocycles. The van der Waals surface area contributed by atoms with Gasteiger partial charge < -0.3 is 4.98 Å². The molecule has 0 radical (unpaired) electrons. The van der Waals surface area contributed by atoms with Crippen LogP contribution in [0, 0.1) is 21.4 Å². The van der Waals surface area contributed by atoms with Gasteiger partial charge in [-0.1, -0.05) is 0 Å². The summed E-state index contributed by atoms with van der Waals surface area (Å²) in [6.45, 7) is 0. The molecule has 0 aliphatic heterocycles. The Labute approximate surface area is 72.6 Å². The Kier molecular flexibility index (Phi) is 2.40. The second-order valence-corrected chi connectivity index (χ2v) is 2.26. The number of nitrogens with one attached hydrogen (secondary N) is 1. The molecule has 0 spiro atoms. The van der Waals surface area contributed by atoms with Gasteiger partial charge in [0.15, 0.2) is 0 Å². The molecule has 6 nitrogen and oxygen atoms in total. The minimum atomic E-state index is -0.679. The highest BCUT2D eigenvalue weighted by Crippen LogP contribution is 2.12. The molecule has 1 heterocycles. The first-order valence-electron chi connectivity index (χ1n) is 3.38. The Bertz CT molecular complexity index is 429. The predicted octanol–water partition coefficient (Wildman–Crippen LogP) is 0.349. The summed E-state index contributed by atoms with van der Waals surface area (Å²) in [5.41, 5.74) is -1.00. The quantitative estimate of drug-likeness (QED) is 0.522. The van der Waals surface area contributed by atoms with Crippen LogP contribution in [-0.4, -0.2) is 9.91 Å².